The standard InChI is InChI=1S/C26H19N5O2/c1-17-9-8-14-31-23(17)29-25(33-19-10-4-3-5-11-19)20(26(31)32)15-18(16-27)24-28-21-12-6-7-13-22(21)30(24)2/h3-15H,1-2H3/b18-15+. The van der Waals surface area contributed by atoms with E-state index >= 15 is 0 Å². The molecule has 7 nitrogen and oxygen atoms in total. The molecule has 0 fully saturated rings. The summed E-state index contributed by atoms with van der Waals surface area (Å²) in [5.41, 5.74) is 3.05. The molecule has 0 bridgehead atoms. The van der Waals surface area contributed by atoms with Crippen molar-refractivity contribution in [2.24, 2.45) is 7.05 Å². The van der Waals surface area contributed by atoms with E-state index in [9.17, 15) is 10.1 Å². The van der Waals surface area contributed by atoms with E-state index in [1.165, 1.54) is 10.5 Å². The van der Waals surface area contributed by atoms with E-state index in [0.717, 1.165) is 16.6 Å². The number of nitrogens with zero attached hydrogens (tertiary/aromatic N) is 5. The third-order valence-electron chi connectivity index (χ3n) is 5.44. The summed E-state index contributed by atoms with van der Waals surface area (Å²) in [6.07, 6.45) is 3.16. The molecule has 0 radical (unpaired) electrons. The second-order valence-electron chi connectivity index (χ2n) is 7.59. The Labute approximate surface area is 189 Å². The summed E-state index contributed by atoms with van der Waals surface area (Å²) >= 11 is 0. The number of hydrogen-bond donors (Lipinski definition) is 0. The first-order chi connectivity index (χ1) is 16.1. The number of pyridine rings is 1. The number of para-hydroxylation sites is 3. The van der Waals surface area contributed by atoms with Crippen LogP contribution in [0.5, 0.6) is 11.6 Å². The lowest BCUT2D eigenvalue weighted by Gasteiger charge is -2.11. The molecule has 0 aliphatic carbocycles. The lowest BCUT2D eigenvalue weighted by Crippen LogP contribution is -2.19. The van der Waals surface area contributed by atoms with Crippen LogP contribution < -0.4 is 10.3 Å². The lowest BCUT2D eigenvalue weighted by molar-refractivity contribution is 0.461. The van der Waals surface area contributed by atoms with Gasteiger partial charge < -0.3 is 9.30 Å². The number of ether oxygens (including phenoxy) is 1. The molecule has 0 spiro atoms. The van der Waals surface area contributed by atoms with Gasteiger partial charge in [0.1, 0.15) is 23.0 Å². The summed E-state index contributed by atoms with van der Waals surface area (Å²) in [7, 11) is 1.84. The van der Waals surface area contributed by atoms with E-state index in [0.29, 0.717) is 17.2 Å². The normalized spacial score (nSPS) is 11.6. The minimum absolute atomic E-state index is 0.131. The van der Waals surface area contributed by atoms with Gasteiger partial charge in [-0.25, -0.2) is 4.98 Å². The quantitative estimate of drug-likeness (QED) is 0.382. The Hall–Kier alpha value is -4.70. The van der Waals surface area contributed by atoms with Crippen LogP contribution >= 0.6 is 0 Å². The van der Waals surface area contributed by atoms with Gasteiger partial charge in [-0.2, -0.15) is 10.2 Å². The minimum atomic E-state index is -0.332. The highest BCUT2D eigenvalue weighted by molar-refractivity contribution is 5.91. The molecule has 5 aromatic rings. The summed E-state index contributed by atoms with van der Waals surface area (Å²) in [5, 5.41) is 9.98. The zero-order chi connectivity index (χ0) is 22.9. The van der Waals surface area contributed by atoms with Gasteiger partial charge in [0.25, 0.3) is 5.56 Å². The van der Waals surface area contributed by atoms with Crippen molar-refractivity contribution in [3.63, 3.8) is 0 Å². The van der Waals surface area contributed by atoms with Gasteiger partial charge >= 0.3 is 0 Å². The van der Waals surface area contributed by atoms with Gasteiger partial charge in [0.05, 0.1) is 16.6 Å². The topological polar surface area (TPSA) is 85.2 Å². The van der Waals surface area contributed by atoms with Gasteiger partial charge in [-0.15, -0.1) is 0 Å². The van der Waals surface area contributed by atoms with Crippen molar-refractivity contribution in [1.82, 2.24) is 18.9 Å². The van der Waals surface area contributed by atoms with Gasteiger partial charge in [0, 0.05) is 13.2 Å². The minimum Gasteiger partial charge on any atom is -0.438 e. The highest BCUT2D eigenvalue weighted by Gasteiger charge is 2.18. The zero-order valence-corrected chi connectivity index (χ0v) is 18.1. The number of nitriles is 1. The SMILES string of the molecule is Cc1cccn2c(=O)c(/C=C(\C#N)c3nc4ccccc4n3C)c(Oc3ccccc3)nc12. The van der Waals surface area contributed by atoms with Gasteiger partial charge in [-0.3, -0.25) is 9.20 Å². The maximum atomic E-state index is 13.5. The molecular weight excluding hydrogens is 414 g/mol. The first-order valence-corrected chi connectivity index (χ1v) is 10.4. The Balaban J connectivity index is 1.76. The van der Waals surface area contributed by atoms with E-state index in [-0.39, 0.29) is 22.6 Å². The number of benzene rings is 2. The average Bonchev–Trinajstić information content (AvgIpc) is 3.17. The van der Waals surface area contributed by atoms with Crippen LogP contribution in [0.25, 0.3) is 28.3 Å². The highest BCUT2D eigenvalue weighted by Crippen LogP contribution is 2.27. The van der Waals surface area contributed by atoms with Crippen LogP contribution in [0, 0.1) is 18.3 Å². The Morgan fingerprint density at radius 2 is 1.79 bits per heavy atom. The molecule has 0 N–H and O–H groups in total. The molecule has 0 amide bonds. The van der Waals surface area contributed by atoms with Crippen molar-refractivity contribution < 1.29 is 4.74 Å². The first-order valence-electron chi connectivity index (χ1n) is 10.4. The van der Waals surface area contributed by atoms with Crippen molar-refractivity contribution in [2.45, 2.75) is 6.92 Å². The van der Waals surface area contributed by atoms with Crippen molar-refractivity contribution in [2.75, 3.05) is 0 Å². The van der Waals surface area contributed by atoms with E-state index in [4.69, 9.17) is 4.74 Å². The summed E-state index contributed by atoms with van der Waals surface area (Å²) in [5.74, 6) is 1.13. The fourth-order valence-corrected chi connectivity index (χ4v) is 3.77. The molecular formula is C26H19N5O2. The van der Waals surface area contributed by atoms with E-state index in [1.54, 1.807) is 24.4 Å². The Kier molecular flexibility index (Phi) is 4.96. The lowest BCUT2D eigenvalue weighted by atomic mass is 10.1. The monoisotopic (exact) mass is 433 g/mol. The van der Waals surface area contributed by atoms with Gasteiger partial charge in [-0.05, 0) is 48.9 Å². The molecule has 7 heteroatoms. The van der Waals surface area contributed by atoms with Crippen molar-refractivity contribution in [3.8, 4) is 17.7 Å². The van der Waals surface area contributed by atoms with Crippen LogP contribution in [0.1, 0.15) is 17.0 Å². The van der Waals surface area contributed by atoms with Crippen molar-refractivity contribution >= 4 is 28.3 Å². The molecule has 0 saturated heterocycles. The fraction of sp³-hybridized carbons (Fsp3) is 0.0769. The summed E-state index contributed by atoms with van der Waals surface area (Å²) in [4.78, 5) is 22.7. The van der Waals surface area contributed by atoms with Gasteiger partial charge in [-0.1, -0.05) is 36.4 Å². The molecule has 0 atom stereocenters. The average molecular weight is 433 g/mol. The number of allylic oxidation sites excluding steroid dienone is 1. The molecule has 33 heavy (non-hydrogen) atoms. The van der Waals surface area contributed by atoms with Crippen LogP contribution in [-0.4, -0.2) is 18.9 Å². The predicted molar refractivity (Wildman–Crippen MR) is 127 cm³/mol. The van der Waals surface area contributed by atoms with Gasteiger partial charge in [0.2, 0.25) is 5.88 Å². The zero-order valence-electron chi connectivity index (χ0n) is 18.1. The Morgan fingerprint density at radius 1 is 1.03 bits per heavy atom. The molecule has 2 aromatic carbocycles. The number of fused-ring (bicyclic) bond motifs is 2. The maximum absolute atomic E-state index is 13.5. The summed E-state index contributed by atoms with van der Waals surface area (Å²) in [6, 6.07) is 22.6. The van der Waals surface area contributed by atoms with E-state index in [1.807, 2.05) is 67.1 Å². The maximum Gasteiger partial charge on any atom is 0.269 e. The van der Waals surface area contributed by atoms with Crippen LogP contribution in [0.4, 0.5) is 0 Å². The first kappa shape index (κ1) is 20.2. The molecule has 0 aliphatic rings. The third-order valence-corrected chi connectivity index (χ3v) is 5.44. The fourth-order valence-electron chi connectivity index (χ4n) is 3.77. The molecule has 0 unspecified atom stereocenters. The number of aromatic nitrogens is 4. The van der Waals surface area contributed by atoms with Crippen LogP contribution in [0.15, 0.2) is 77.7 Å². The van der Waals surface area contributed by atoms with Gasteiger partial charge in [0.15, 0.2) is 5.82 Å². The molecule has 160 valence electrons. The predicted octanol–water partition coefficient (Wildman–Crippen LogP) is 4.75. The number of aryl methyl sites for hydroxylation is 2. The van der Waals surface area contributed by atoms with Crippen LogP contribution in [0.2, 0.25) is 0 Å². The smallest absolute Gasteiger partial charge is 0.269 e. The number of hydrogen-bond acceptors (Lipinski definition) is 5. The van der Waals surface area contributed by atoms with E-state index < -0.39 is 0 Å². The largest absolute Gasteiger partial charge is 0.438 e. The Morgan fingerprint density at radius 3 is 2.55 bits per heavy atom. The highest BCUT2D eigenvalue weighted by atomic mass is 16.5. The molecule has 3 heterocycles. The van der Waals surface area contributed by atoms with Crippen LogP contribution in [0.3, 0.4) is 0 Å². The molecule has 0 saturated carbocycles. The summed E-state index contributed by atoms with van der Waals surface area (Å²) < 4.78 is 9.31. The molecule has 0 aliphatic heterocycles. The second-order valence-corrected chi connectivity index (χ2v) is 7.59. The van der Waals surface area contributed by atoms with Crippen molar-refractivity contribution in [1.29, 1.82) is 5.26 Å². The van der Waals surface area contributed by atoms with Crippen molar-refractivity contribution in [3.05, 3.63) is 100 Å². The Bertz CT molecular complexity index is 1640. The number of rotatable bonds is 4. The van der Waals surface area contributed by atoms with E-state index in [2.05, 4.69) is 16.0 Å². The third kappa shape index (κ3) is 3.54. The number of imidazole rings is 1. The molecule has 3 aromatic heterocycles. The van der Waals surface area contributed by atoms with Crippen LogP contribution in [-0.2, 0) is 7.05 Å². The second kappa shape index (κ2) is 8.09. The summed E-state index contributed by atoms with van der Waals surface area (Å²) in [6.45, 7) is 1.88. The molecule has 5 rings (SSSR count).